The third-order valence-corrected chi connectivity index (χ3v) is 10.8. The van der Waals surface area contributed by atoms with Gasteiger partial charge in [-0.1, -0.05) is 61.5 Å². The van der Waals surface area contributed by atoms with E-state index in [-0.39, 0.29) is 51.8 Å². The first kappa shape index (κ1) is 36.0. The van der Waals surface area contributed by atoms with E-state index in [0.717, 1.165) is 42.5 Å². The number of nitrogens with one attached hydrogen (secondary N) is 1. The van der Waals surface area contributed by atoms with Crippen LogP contribution >= 0.6 is 23.2 Å². The van der Waals surface area contributed by atoms with Crippen molar-refractivity contribution >= 4 is 56.4 Å². The van der Waals surface area contributed by atoms with Crippen LogP contribution in [-0.2, 0) is 26.2 Å². The molecule has 1 aliphatic carbocycles. The summed E-state index contributed by atoms with van der Waals surface area (Å²) in [7, 11) is -3.07. The molecule has 2 amide bonds. The van der Waals surface area contributed by atoms with Gasteiger partial charge in [-0.2, -0.15) is 0 Å². The minimum absolute atomic E-state index is 0.0132. The lowest BCUT2D eigenvalue weighted by atomic mass is 9.95. The summed E-state index contributed by atoms with van der Waals surface area (Å²) in [5, 5.41) is 15.4. The standard InChI is InChI=1S/C33H38Cl2N4O7S/c1-4-30(33(41)36-24-8-6-5-7-9-24)37(20-23-11-17-28(34)29(35)18-23)32(40)21-38(25-12-14-26(46-3)15-13-25)47(44,45)27-16-10-22(2)31(19-27)39(42)43/h10-19,24,30H,4-9,20-21H2,1-3H3,(H,36,41). The van der Waals surface area contributed by atoms with Crippen molar-refractivity contribution in [3.8, 4) is 5.75 Å². The Bertz CT molecular complexity index is 1710. The van der Waals surface area contributed by atoms with Gasteiger partial charge >= 0.3 is 0 Å². The maximum atomic E-state index is 14.4. The number of carbonyl (C=O) groups excluding carboxylic acids is 2. The van der Waals surface area contributed by atoms with Gasteiger partial charge in [0.25, 0.3) is 15.7 Å². The van der Waals surface area contributed by atoms with Crippen molar-refractivity contribution in [3.63, 3.8) is 0 Å². The van der Waals surface area contributed by atoms with Crippen LogP contribution in [0.3, 0.4) is 0 Å². The van der Waals surface area contributed by atoms with E-state index in [1.165, 1.54) is 43.2 Å². The number of sulfonamides is 1. The van der Waals surface area contributed by atoms with E-state index in [1.54, 1.807) is 37.3 Å². The van der Waals surface area contributed by atoms with Crippen molar-refractivity contribution in [2.24, 2.45) is 0 Å². The van der Waals surface area contributed by atoms with Crippen LogP contribution in [0.5, 0.6) is 5.75 Å². The molecule has 0 radical (unpaired) electrons. The summed E-state index contributed by atoms with van der Waals surface area (Å²) in [6.07, 6.45) is 5.04. The molecule has 11 nitrogen and oxygen atoms in total. The van der Waals surface area contributed by atoms with Gasteiger partial charge in [-0.25, -0.2) is 8.42 Å². The average molecular weight is 706 g/mol. The van der Waals surface area contributed by atoms with Crippen LogP contribution in [-0.4, -0.2) is 55.8 Å². The molecule has 0 bridgehead atoms. The number of hydrogen-bond donors (Lipinski definition) is 1. The van der Waals surface area contributed by atoms with Crippen molar-refractivity contribution in [3.05, 3.63) is 92.0 Å². The van der Waals surface area contributed by atoms with Crippen molar-refractivity contribution in [2.75, 3.05) is 18.0 Å². The summed E-state index contributed by atoms with van der Waals surface area (Å²) in [6.45, 7) is 2.52. The molecule has 1 fully saturated rings. The zero-order valence-corrected chi connectivity index (χ0v) is 28.8. The second kappa shape index (κ2) is 15.8. The molecule has 1 saturated carbocycles. The number of ether oxygens (including phenoxy) is 1. The molecule has 47 heavy (non-hydrogen) atoms. The number of nitrogens with zero attached hydrogens (tertiary/aromatic N) is 3. The smallest absolute Gasteiger partial charge is 0.273 e. The molecule has 252 valence electrons. The number of amides is 2. The fourth-order valence-electron chi connectivity index (χ4n) is 5.65. The summed E-state index contributed by atoms with van der Waals surface area (Å²) in [5.41, 5.74) is 0.614. The number of benzene rings is 3. The highest BCUT2D eigenvalue weighted by Gasteiger charge is 2.35. The van der Waals surface area contributed by atoms with Gasteiger partial charge in [-0.3, -0.25) is 24.0 Å². The highest BCUT2D eigenvalue weighted by molar-refractivity contribution is 7.92. The molecule has 0 heterocycles. The number of nitro benzene ring substituents is 1. The summed E-state index contributed by atoms with van der Waals surface area (Å²) in [6, 6.07) is 13.5. The summed E-state index contributed by atoms with van der Waals surface area (Å²) >= 11 is 12.4. The van der Waals surface area contributed by atoms with Crippen LogP contribution in [0.25, 0.3) is 0 Å². The van der Waals surface area contributed by atoms with Gasteiger partial charge in [0.2, 0.25) is 11.8 Å². The monoisotopic (exact) mass is 704 g/mol. The molecule has 0 spiro atoms. The number of halogens is 2. The highest BCUT2D eigenvalue weighted by atomic mass is 35.5. The molecule has 4 rings (SSSR count). The normalized spacial score (nSPS) is 14.2. The zero-order chi connectivity index (χ0) is 34.3. The fraction of sp³-hybridized carbons (Fsp3) is 0.394. The number of methoxy groups -OCH3 is 1. The molecule has 1 aliphatic rings. The largest absolute Gasteiger partial charge is 0.497 e. The number of aryl methyl sites for hydroxylation is 1. The van der Waals surface area contributed by atoms with Gasteiger partial charge in [0, 0.05) is 24.2 Å². The maximum absolute atomic E-state index is 14.4. The molecule has 3 aromatic carbocycles. The van der Waals surface area contributed by atoms with Crippen LogP contribution in [0.1, 0.15) is 56.6 Å². The van der Waals surface area contributed by atoms with Crippen molar-refractivity contribution in [2.45, 2.75) is 75.9 Å². The highest BCUT2D eigenvalue weighted by Crippen LogP contribution is 2.30. The van der Waals surface area contributed by atoms with Crippen molar-refractivity contribution in [1.82, 2.24) is 10.2 Å². The number of carbonyl (C=O) groups is 2. The van der Waals surface area contributed by atoms with Gasteiger partial charge in [0.05, 0.1) is 32.7 Å². The Balaban J connectivity index is 1.76. The fourth-order valence-corrected chi connectivity index (χ4v) is 7.40. The molecular weight excluding hydrogens is 667 g/mol. The topological polar surface area (TPSA) is 139 Å². The quantitative estimate of drug-likeness (QED) is 0.155. The Morgan fingerprint density at radius 1 is 1.02 bits per heavy atom. The van der Waals surface area contributed by atoms with E-state index in [0.29, 0.717) is 16.3 Å². The lowest BCUT2D eigenvalue weighted by molar-refractivity contribution is -0.385. The number of nitro groups is 1. The van der Waals surface area contributed by atoms with E-state index in [1.807, 2.05) is 0 Å². The van der Waals surface area contributed by atoms with Crippen LogP contribution in [0, 0.1) is 17.0 Å². The van der Waals surface area contributed by atoms with Crippen LogP contribution in [0.2, 0.25) is 10.0 Å². The first-order valence-corrected chi connectivity index (χ1v) is 17.5. The predicted octanol–water partition coefficient (Wildman–Crippen LogP) is 6.67. The summed E-state index contributed by atoms with van der Waals surface area (Å²) in [4.78, 5) is 40.1. The Kier molecular flexibility index (Phi) is 12.1. The zero-order valence-electron chi connectivity index (χ0n) is 26.4. The molecule has 0 aliphatic heterocycles. The third kappa shape index (κ3) is 8.74. The molecular formula is C33H38Cl2N4O7S. The van der Waals surface area contributed by atoms with E-state index in [4.69, 9.17) is 27.9 Å². The first-order valence-electron chi connectivity index (χ1n) is 15.3. The van der Waals surface area contributed by atoms with Crippen molar-refractivity contribution in [1.29, 1.82) is 0 Å². The van der Waals surface area contributed by atoms with E-state index in [2.05, 4.69) is 5.32 Å². The predicted molar refractivity (Wildman–Crippen MR) is 181 cm³/mol. The molecule has 3 aromatic rings. The molecule has 1 unspecified atom stereocenters. The Morgan fingerprint density at radius 2 is 1.70 bits per heavy atom. The van der Waals surface area contributed by atoms with E-state index < -0.39 is 33.4 Å². The Morgan fingerprint density at radius 3 is 2.30 bits per heavy atom. The summed E-state index contributed by atoms with van der Waals surface area (Å²) in [5.74, 6) is -0.543. The SMILES string of the molecule is CCC(C(=O)NC1CCCCC1)N(Cc1ccc(Cl)c(Cl)c1)C(=O)CN(c1ccc(OC)cc1)S(=O)(=O)c1ccc(C)c([N+](=O)[O-])c1. The van der Waals surface area contributed by atoms with E-state index in [9.17, 15) is 28.1 Å². The van der Waals surface area contributed by atoms with Crippen LogP contribution in [0.15, 0.2) is 65.6 Å². The number of rotatable bonds is 13. The second-order valence-electron chi connectivity index (χ2n) is 11.5. The van der Waals surface area contributed by atoms with E-state index >= 15 is 0 Å². The van der Waals surface area contributed by atoms with Gasteiger partial charge < -0.3 is 15.0 Å². The summed E-state index contributed by atoms with van der Waals surface area (Å²) < 4.78 is 34.5. The molecule has 0 aromatic heterocycles. The van der Waals surface area contributed by atoms with Gasteiger partial charge in [0.15, 0.2) is 0 Å². The van der Waals surface area contributed by atoms with Gasteiger partial charge in [0.1, 0.15) is 18.3 Å². The minimum Gasteiger partial charge on any atom is -0.497 e. The maximum Gasteiger partial charge on any atom is 0.273 e. The Hall–Kier alpha value is -3.87. The third-order valence-electron chi connectivity index (χ3n) is 8.28. The van der Waals surface area contributed by atoms with Crippen LogP contribution < -0.4 is 14.4 Å². The first-order chi connectivity index (χ1) is 22.3. The lowest BCUT2D eigenvalue weighted by Gasteiger charge is -2.34. The molecule has 1 atom stereocenters. The van der Waals surface area contributed by atoms with Crippen LogP contribution in [0.4, 0.5) is 11.4 Å². The molecule has 14 heteroatoms. The second-order valence-corrected chi connectivity index (χ2v) is 14.1. The molecule has 0 saturated heterocycles. The molecule has 1 N–H and O–H groups in total. The van der Waals surface area contributed by atoms with Crippen molar-refractivity contribution < 1.29 is 27.7 Å². The lowest BCUT2D eigenvalue weighted by Crippen LogP contribution is -2.54. The Labute approximate surface area is 285 Å². The van der Waals surface area contributed by atoms with Gasteiger partial charge in [-0.05, 0) is 74.2 Å². The number of hydrogen-bond acceptors (Lipinski definition) is 7. The average Bonchev–Trinajstić information content (AvgIpc) is 3.05. The van der Waals surface area contributed by atoms with Gasteiger partial charge in [-0.15, -0.1) is 0 Å². The minimum atomic E-state index is -4.53. The number of anilines is 1.